The van der Waals surface area contributed by atoms with Crippen LogP contribution < -0.4 is 10.5 Å². The van der Waals surface area contributed by atoms with Gasteiger partial charge in [-0.15, -0.1) is 0 Å². The topological polar surface area (TPSA) is 64.8 Å². The molecule has 1 unspecified atom stereocenters. The molecule has 2 N–H and O–H groups in total. The number of carbonyl (C=O) groups is 1. The Labute approximate surface area is 106 Å². The third-order valence-electron chi connectivity index (χ3n) is 3.08. The molecule has 0 spiro atoms. The Balaban J connectivity index is 2.07. The Hall–Kier alpha value is -1.59. The molecular weight excluding hydrogens is 232 g/mol. The average Bonchev–Trinajstić information content (AvgIpc) is 2.42. The summed E-state index contributed by atoms with van der Waals surface area (Å²) in [5, 5.41) is 0. The molecule has 18 heavy (non-hydrogen) atoms. The molecule has 1 aromatic rings. The molecule has 1 aliphatic rings. The average molecular weight is 250 g/mol. The van der Waals surface area contributed by atoms with Crippen molar-refractivity contribution in [2.24, 2.45) is 5.73 Å². The van der Waals surface area contributed by atoms with Crippen LogP contribution in [0, 0.1) is 0 Å². The van der Waals surface area contributed by atoms with Gasteiger partial charge in [0.2, 0.25) is 5.91 Å². The fraction of sp³-hybridized carbons (Fsp3) is 0.462. The Kier molecular flexibility index (Phi) is 4.17. The van der Waals surface area contributed by atoms with E-state index in [4.69, 9.17) is 15.2 Å². The zero-order valence-corrected chi connectivity index (χ0v) is 10.5. The van der Waals surface area contributed by atoms with Gasteiger partial charge in [0.25, 0.3) is 0 Å². The Bertz CT molecular complexity index is 405. The number of morpholine rings is 1. The maximum atomic E-state index is 11.8. The van der Waals surface area contributed by atoms with Gasteiger partial charge in [-0.2, -0.15) is 0 Å². The van der Waals surface area contributed by atoms with Crippen LogP contribution in [0.2, 0.25) is 0 Å². The van der Waals surface area contributed by atoms with Gasteiger partial charge in [-0.05, 0) is 17.7 Å². The standard InChI is InChI=1S/C13H18N2O3/c1-17-12-4-2-10(3-5-12)7-15-11(6-14)8-18-9-13(15)16/h2-5,11H,6-9,14H2,1H3. The van der Waals surface area contributed by atoms with E-state index in [0.717, 1.165) is 11.3 Å². The summed E-state index contributed by atoms with van der Waals surface area (Å²) in [6, 6.07) is 7.65. The lowest BCUT2D eigenvalue weighted by molar-refractivity contribution is -0.148. The van der Waals surface area contributed by atoms with Gasteiger partial charge in [-0.1, -0.05) is 12.1 Å². The SMILES string of the molecule is COc1ccc(CN2C(=O)COCC2CN)cc1. The summed E-state index contributed by atoms with van der Waals surface area (Å²) in [7, 11) is 1.63. The lowest BCUT2D eigenvalue weighted by Crippen LogP contribution is -2.52. The van der Waals surface area contributed by atoms with Gasteiger partial charge in [0.1, 0.15) is 12.4 Å². The molecule has 0 radical (unpaired) electrons. The summed E-state index contributed by atoms with van der Waals surface area (Å²) in [6.07, 6.45) is 0. The number of methoxy groups -OCH3 is 1. The number of amides is 1. The molecular formula is C13H18N2O3. The highest BCUT2D eigenvalue weighted by Crippen LogP contribution is 2.16. The van der Waals surface area contributed by atoms with Crippen LogP contribution in [0.5, 0.6) is 5.75 Å². The van der Waals surface area contributed by atoms with E-state index < -0.39 is 0 Å². The number of nitrogens with two attached hydrogens (primary N) is 1. The van der Waals surface area contributed by atoms with Crippen molar-refractivity contribution in [1.29, 1.82) is 0 Å². The summed E-state index contributed by atoms with van der Waals surface area (Å²) < 4.78 is 10.3. The number of hydrogen-bond donors (Lipinski definition) is 1. The Morgan fingerprint density at radius 1 is 1.44 bits per heavy atom. The molecule has 1 saturated heterocycles. The highest BCUT2D eigenvalue weighted by atomic mass is 16.5. The molecule has 1 aliphatic heterocycles. The molecule has 1 aromatic carbocycles. The van der Waals surface area contributed by atoms with Gasteiger partial charge in [0.15, 0.2) is 0 Å². The Morgan fingerprint density at radius 2 is 2.17 bits per heavy atom. The van der Waals surface area contributed by atoms with Gasteiger partial charge in [0, 0.05) is 13.1 Å². The molecule has 0 aliphatic carbocycles. The Morgan fingerprint density at radius 3 is 2.78 bits per heavy atom. The molecule has 1 fully saturated rings. The van der Waals surface area contributed by atoms with Crippen molar-refractivity contribution in [3.63, 3.8) is 0 Å². The first kappa shape index (κ1) is 12.9. The van der Waals surface area contributed by atoms with E-state index in [2.05, 4.69) is 0 Å². The van der Waals surface area contributed by atoms with E-state index in [0.29, 0.717) is 19.7 Å². The minimum Gasteiger partial charge on any atom is -0.497 e. The van der Waals surface area contributed by atoms with E-state index in [9.17, 15) is 4.79 Å². The van der Waals surface area contributed by atoms with Crippen LogP contribution in [-0.2, 0) is 16.1 Å². The first-order valence-corrected chi connectivity index (χ1v) is 5.95. The van der Waals surface area contributed by atoms with Gasteiger partial charge in [0.05, 0.1) is 19.8 Å². The van der Waals surface area contributed by atoms with Crippen molar-refractivity contribution >= 4 is 5.91 Å². The van der Waals surface area contributed by atoms with Crippen molar-refractivity contribution in [2.45, 2.75) is 12.6 Å². The molecule has 0 aromatic heterocycles. The highest BCUT2D eigenvalue weighted by Gasteiger charge is 2.27. The second-order valence-electron chi connectivity index (χ2n) is 4.27. The molecule has 5 nitrogen and oxygen atoms in total. The number of nitrogens with zero attached hydrogens (tertiary/aromatic N) is 1. The quantitative estimate of drug-likeness (QED) is 0.839. The molecule has 5 heteroatoms. The van der Waals surface area contributed by atoms with Gasteiger partial charge < -0.3 is 20.1 Å². The van der Waals surface area contributed by atoms with E-state index in [1.165, 1.54) is 0 Å². The maximum Gasteiger partial charge on any atom is 0.249 e. The molecule has 1 heterocycles. The zero-order chi connectivity index (χ0) is 13.0. The molecule has 1 atom stereocenters. The molecule has 1 amide bonds. The predicted molar refractivity (Wildman–Crippen MR) is 67.2 cm³/mol. The number of rotatable bonds is 4. The van der Waals surface area contributed by atoms with Crippen molar-refractivity contribution in [1.82, 2.24) is 4.90 Å². The fourth-order valence-electron chi connectivity index (χ4n) is 2.00. The summed E-state index contributed by atoms with van der Waals surface area (Å²) >= 11 is 0. The molecule has 0 bridgehead atoms. The minimum absolute atomic E-state index is 0.00693. The fourth-order valence-corrected chi connectivity index (χ4v) is 2.00. The second-order valence-corrected chi connectivity index (χ2v) is 4.27. The van der Waals surface area contributed by atoms with Crippen LogP contribution in [0.3, 0.4) is 0 Å². The summed E-state index contributed by atoms with van der Waals surface area (Å²) in [5.41, 5.74) is 6.72. The second kappa shape index (κ2) is 5.84. The monoisotopic (exact) mass is 250 g/mol. The van der Waals surface area contributed by atoms with Crippen molar-refractivity contribution in [3.8, 4) is 5.75 Å². The summed E-state index contributed by atoms with van der Waals surface area (Å²) in [4.78, 5) is 13.6. The minimum atomic E-state index is -0.0339. The lowest BCUT2D eigenvalue weighted by atomic mass is 10.1. The van der Waals surface area contributed by atoms with Crippen molar-refractivity contribution in [3.05, 3.63) is 29.8 Å². The van der Waals surface area contributed by atoms with E-state index in [-0.39, 0.29) is 18.6 Å². The van der Waals surface area contributed by atoms with Crippen LogP contribution in [0.4, 0.5) is 0 Å². The third kappa shape index (κ3) is 2.80. The predicted octanol–water partition coefficient (Wildman–Crippen LogP) is 0.381. The van der Waals surface area contributed by atoms with Gasteiger partial charge >= 0.3 is 0 Å². The van der Waals surface area contributed by atoms with E-state index in [1.54, 1.807) is 12.0 Å². The van der Waals surface area contributed by atoms with Crippen LogP contribution in [0.1, 0.15) is 5.56 Å². The van der Waals surface area contributed by atoms with E-state index in [1.807, 2.05) is 24.3 Å². The maximum absolute atomic E-state index is 11.8. The largest absolute Gasteiger partial charge is 0.497 e. The normalized spacial score (nSPS) is 20.0. The third-order valence-corrected chi connectivity index (χ3v) is 3.08. The number of ether oxygens (including phenoxy) is 2. The molecule has 2 rings (SSSR count). The summed E-state index contributed by atoms with van der Waals surface area (Å²) in [6.45, 7) is 1.64. The molecule has 0 saturated carbocycles. The van der Waals surface area contributed by atoms with Crippen molar-refractivity contribution < 1.29 is 14.3 Å². The van der Waals surface area contributed by atoms with Crippen LogP contribution >= 0.6 is 0 Å². The van der Waals surface area contributed by atoms with Crippen LogP contribution in [-0.4, -0.2) is 43.7 Å². The molecule has 98 valence electrons. The summed E-state index contributed by atoms with van der Waals surface area (Å²) in [5.74, 6) is 0.801. The van der Waals surface area contributed by atoms with Crippen molar-refractivity contribution in [2.75, 3.05) is 26.9 Å². The zero-order valence-electron chi connectivity index (χ0n) is 10.5. The van der Waals surface area contributed by atoms with Crippen LogP contribution in [0.15, 0.2) is 24.3 Å². The first-order chi connectivity index (χ1) is 8.74. The van der Waals surface area contributed by atoms with Gasteiger partial charge in [-0.3, -0.25) is 4.79 Å². The first-order valence-electron chi connectivity index (χ1n) is 5.95. The lowest BCUT2D eigenvalue weighted by Gasteiger charge is -2.34. The number of benzene rings is 1. The number of carbonyl (C=O) groups excluding carboxylic acids is 1. The van der Waals surface area contributed by atoms with E-state index >= 15 is 0 Å². The van der Waals surface area contributed by atoms with Gasteiger partial charge in [-0.25, -0.2) is 0 Å². The highest BCUT2D eigenvalue weighted by molar-refractivity contribution is 5.78. The van der Waals surface area contributed by atoms with Crippen LogP contribution in [0.25, 0.3) is 0 Å². The smallest absolute Gasteiger partial charge is 0.249 e. The number of hydrogen-bond acceptors (Lipinski definition) is 4.